The zero-order valence-corrected chi connectivity index (χ0v) is 13.8. The van der Waals surface area contributed by atoms with Crippen LogP contribution in [0.5, 0.6) is 0 Å². The third kappa shape index (κ3) is 3.32. The molecule has 106 valence electrons. The maximum Gasteiger partial charge on any atom is 0.433 e. The maximum absolute atomic E-state index is 12.7. The summed E-state index contributed by atoms with van der Waals surface area (Å²) in [6.07, 6.45) is -4.53. The molecule has 0 atom stereocenters. The molecule has 1 aromatic carbocycles. The van der Waals surface area contributed by atoms with Crippen LogP contribution in [-0.4, -0.2) is 4.98 Å². The van der Waals surface area contributed by atoms with Crippen LogP contribution < -0.4 is 0 Å². The van der Waals surface area contributed by atoms with Crippen LogP contribution >= 0.6 is 57.4 Å². The van der Waals surface area contributed by atoms with Gasteiger partial charge >= 0.3 is 6.18 Å². The molecule has 0 saturated carbocycles. The third-order valence-electron chi connectivity index (χ3n) is 2.40. The maximum atomic E-state index is 12.7. The normalized spacial score (nSPS) is 11.8. The van der Waals surface area contributed by atoms with E-state index < -0.39 is 11.9 Å². The first-order valence-corrected chi connectivity index (χ1v) is 7.30. The second-order valence-electron chi connectivity index (χ2n) is 3.77. The summed E-state index contributed by atoms with van der Waals surface area (Å²) in [6.45, 7) is 0. The molecule has 0 aliphatic heterocycles. The summed E-state index contributed by atoms with van der Waals surface area (Å²) in [5.41, 5.74) is -0.574. The Morgan fingerprint density at radius 1 is 0.950 bits per heavy atom. The molecule has 1 aromatic heterocycles. The van der Waals surface area contributed by atoms with Crippen molar-refractivity contribution in [3.8, 4) is 11.3 Å². The molecule has 0 N–H and O–H groups in total. The molecular weight excluding hydrogens is 448 g/mol. The molecule has 8 heteroatoms. The van der Waals surface area contributed by atoms with Crippen LogP contribution in [0.25, 0.3) is 11.3 Å². The molecule has 0 spiro atoms. The van der Waals surface area contributed by atoms with E-state index in [9.17, 15) is 13.2 Å². The smallest absolute Gasteiger partial charge is 0.242 e. The Morgan fingerprint density at radius 2 is 1.55 bits per heavy atom. The predicted octanol–water partition coefficient (Wildman–Crippen LogP) is 6.33. The Morgan fingerprint density at radius 3 is 2.15 bits per heavy atom. The van der Waals surface area contributed by atoms with E-state index in [2.05, 4.69) is 4.98 Å². The van der Waals surface area contributed by atoms with E-state index in [1.165, 1.54) is 18.2 Å². The standard InChI is InChI=1S/C12H4Cl3F3IN/c13-6-4-8(15)7(14)3-5(6)11-9(19)1-2-10(20-11)12(16,17)18/h1-4H. The van der Waals surface area contributed by atoms with Crippen molar-refractivity contribution >= 4 is 57.4 Å². The van der Waals surface area contributed by atoms with Crippen molar-refractivity contribution in [1.29, 1.82) is 0 Å². The van der Waals surface area contributed by atoms with Gasteiger partial charge in [-0.1, -0.05) is 34.8 Å². The Hall–Kier alpha value is -0.240. The molecule has 0 bridgehead atoms. The molecule has 0 aliphatic carbocycles. The van der Waals surface area contributed by atoms with E-state index >= 15 is 0 Å². The molecule has 0 aliphatic rings. The van der Waals surface area contributed by atoms with Crippen molar-refractivity contribution in [2.24, 2.45) is 0 Å². The zero-order chi connectivity index (χ0) is 15.1. The van der Waals surface area contributed by atoms with Crippen LogP contribution in [0.2, 0.25) is 15.1 Å². The largest absolute Gasteiger partial charge is 0.433 e. The van der Waals surface area contributed by atoms with Crippen LogP contribution in [0.3, 0.4) is 0 Å². The highest BCUT2D eigenvalue weighted by Crippen LogP contribution is 2.38. The molecule has 0 saturated heterocycles. The first-order valence-electron chi connectivity index (χ1n) is 5.09. The van der Waals surface area contributed by atoms with Crippen molar-refractivity contribution in [1.82, 2.24) is 4.98 Å². The van der Waals surface area contributed by atoms with Gasteiger partial charge in [0.25, 0.3) is 0 Å². The zero-order valence-electron chi connectivity index (χ0n) is 9.40. The van der Waals surface area contributed by atoms with Gasteiger partial charge in [0.1, 0.15) is 5.69 Å². The number of benzene rings is 1. The Labute approximate surface area is 141 Å². The molecule has 20 heavy (non-hydrogen) atoms. The van der Waals surface area contributed by atoms with Gasteiger partial charge < -0.3 is 0 Å². The van der Waals surface area contributed by atoms with Crippen molar-refractivity contribution in [3.63, 3.8) is 0 Å². The lowest BCUT2D eigenvalue weighted by molar-refractivity contribution is -0.141. The van der Waals surface area contributed by atoms with Gasteiger partial charge in [0.15, 0.2) is 0 Å². The van der Waals surface area contributed by atoms with Crippen molar-refractivity contribution in [2.45, 2.75) is 6.18 Å². The molecule has 0 radical (unpaired) electrons. The summed E-state index contributed by atoms with van der Waals surface area (Å²) in [6, 6.07) is 5.01. The Bertz CT molecular complexity index is 674. The lowest BCUT2D eigenvalue weighted by atomic mass is 10.1. The molecule has 2 aromatic rings. The van der Waals surface area contributed by atoms with Gasteiger partial charge in [-0.15, -0.1) is 0 Å². The van der Waals surface area contributed by atoms with Crippen LogP contribution in [0.1, 0.15) is 5.69 Å². The lowest BCUT2D eigenvalue weighted by Crippen LogP contribution is -2.09. The topological polar surface area (TPSA) is 12.9 Å². The van der Waals surface area contributed by atoms with Gasteiger partial charge in [-0.3, -0.25) is 0 Å². The van der Waals surface area contributed by atoms with E-state index in [4.69, 9.17) is 34.8 Å². The quantitative estimate of drug-likeness (QED) is 0.364. The van der Waals surface area contributed by atoms with E-state index in [1.807, 2.05) is 22.6 Å². The Kier molecular flexibility index (Phi) is 4.73. The minimum absolute atomic E-state index is 0.115. The molecular formula is C12H4Cl3F3IN. The number of hydrogen-bond donors (Lipinski definition) is 0. The highest BCUT2D eigenvalue weighted by atomic mass is 127. The molecule has 0 unspecified atom stereocenters. The fourth-order valence-electron chi connectivity index (χ4n) is 1.49. The highest BCUT2D eigenvalue weighted by molar-refractivity contribution is 14.1. The average molecular weight is 452 g/mol. The number of alkyl halides is 3. The number of aromatic nitrogens is 1. The number of halogens is 7. The lowest BCUT2D eigenvalue weighted by Gasteiger charge is -2.11. The fraction of sp³-hybridized carbons (Fsp3) is 0.0833. The summed E-state index contributed by atoms with van der Waals surface area (Å²) in [4.78, 5) is 3.63. The molecule has 1 nitrogen and oxygen atoms in total. The molecule has 2 rings (SSSR count). The van der Waals surface area contributed by atoms with Crippen molar-refractivity contribution in [3.05, 3.63) is 48.6 Å². The van der Waals surface area contributed by atoms with Gasteiger partial charge in [-0.25, -0.2) is 4.98 Å². The van der Waals surface area contributed by atoms with E-state index in [1.54, 1.807) is 0 Å². The first kappa shape index (κ1) is 16.1. The summed E-state index contributed by atoms with van der Waals surface area (Å²) < 4.78 is 38.7. The summed E-state index contributed by atoms with van der Waals surface area (Å²) in [5.74, 6) is 0. The summed E-state index contributed by atoms with van der Waals surface area (Å²) in [7, 11) is 0. The summed E-state index contributed by atoms with van der Waals surface area (Å²) in [5, 5.41) is 0.604. The monoisotopic (exact) mass is 451 g/mol. The number of nitrogens with zero attached hydrogens (tertiary/aromatic N) is 1. The van der Waals surface area contributed by atoms with Crippen molar-refractivity contribution < 1.29 is 13.2 Å². The van der Waals surface area contributed by atoms with Gasteiger partial charge in [-0.2, -0.15) is 13.2 Å². The molecule has 1 heterocycles. The van der Waals surface area contributed by atoms with E-state index in [-0.39, 0.29) is 20.8 Å². The van der Waals surface area contributed by atoms with Crippen LogP contribution in [0.15, 0.2) is 24.3 Å². The number of hydrogen-bond acceptors (Lipinski definition) is 1. The van der Waals surface area contributed by atoms with Crippen LogP contribution in [0.4, 0.5) is 13.2 Å². The number of rotatable bonds is 1. The fourth-order valence-corrected chi connectivity index (χ4v) is 2.72. The second kappa shape index (κ2) is 5.87. The SMILES string of the molecule is FC(F)(F)c1ccc(I)c(-c2cc(Cl)c(Cl)cc2Cl)n1. The number of pyridine rings is 1. The van der Waals surface area contributed by atoms with E-state index in [0.717, 1.165) is 6.07 Å². The average Bonchev–Trinajstić information content (AvgIpc) is 2.33. The second-order valence-corrected chi connectivity index (χ2v) is 6.15. The van der Waals surface area contributed by atoms with Gasteiger partial charge in [0.05, 0.1) is 20.8 Å². The van der Waals surface area contributed by atoms with Gasteiger partial charge in [0.2, 0.25) is 0 Å². The molecule has 0 fully saturated rings. The third-order valence-corrected chi connectivity index (χ3v) is 4.31. The van der Waals surface area contributed by atoms with Crippen LogP contribution in [0, 0.1) is 3.57 Å². The van der Waals surface area contributed by atoms with E-state index in [0.29, 0.717) is 9.13 Å². The first-order chi connectivity index (χ1) is 9.20. The Balaban J connectivity index is 2.66. The minimum Gasteiger partial charge on any atom is -0.242 e. The highest BCUT2D eigenvalue weighted by Gasteiger charge is 2.33. The summed E-state index contributed by atoms with van der Waals surface area (Å²) >= 11 is 19.6. The van der Waals surface area contributed by atoms with Crippen LogP contribution in [-0.2, 0) is 6.18 Å². The molecule has 0 amide bonds. The van der Waals surface area contributed by atoms with Gasteiger partial charge in [-0.05, 0) is 46.9 Å². The van der Waals surface area contributed by atoms with Gasteiger partial charge in [0, 0.05) is 9.13 Å². The van der Waals surface area contributed by atoms with Crippen molar-refractivity contribution in [2.75, 3.05) is 0 Å². The predicted molar refractivity (Wildman–Crippen MR) is 82.4 cm³/mol. The minimum atomic E-state index is -4.53.